The van der Waals surface area contributed by atoms with Crippen LogP contribution in [0.4, 0.5) is 14.7 Å². The molecule has 0 aliphatic heterocycles. The van der Waals surface area contributed by atoms with Gasteiger partial charge in [-0.3, -0.25) is 9.78 Å². The Labute approximate surface area is 163 Å². The molecule has 0 aromatic carbocycles. The summed E-state index contributed by atoms with van der Waals surface area (Å²) in [7, 11) is 0. The number of fused-ring (bicyclic) bond motifs is 1. The van der Waals surface area contributed by atoms with Crippen LogP contribution in [-0.4, -0.2) is 67.5 Å². The molecule has 0 bridgehead atoms. The number of alkyl halides is 2. The van der Waals surface area contributed by atoms with E-state index in [1.165, 1.54) is 19.2 Å². The van der Waals surface area contributed by atoms with Crippen molar-refractivity contribution in [3.05, 3.63) is 22.6 Å². The highest BCUT2D eigenvalue weighted by Crippen LogP contribution is 2.34. The summed E-state index contributed by atoms with van der Waals surface area (Å²) >= 11 is 0. The van der Waals surface area contributed by atoms with Crippen molar-refractivity contribution in [2.45, 2.75) is 44.4 Å². The molecular weight excluding hydrogens is 394 g/mol. The molecule has 29 heavy (non-hydrogen) atoms. The molecule has 0 aliphatic rings. The van der Waals surface area contributed by atoms with E-state index in [1.807, 2.05) is 11.8 Å². The Kier molecular flexibility index (Phi) is 7.28. The Morgan fingerprint density at radius 3 is 2.69 bits per heavy atom. The number of anilines is 1. The first-order valence-corrected chi connectivity index (χ1v) is 8.52. The predicted molar refractivity (Wildman–Crippen MR) is 97.8 cm³/mol. The van der Waals surface area contributed by atoms with Crippen molar-refractivity contribution in [2.75, 3.05) is 19.0 Å². The molecule has 4 atom stereocenters. The minimum Gasteiger partial charge on any atom is -0.389 e. The van der Waals surface area contributed by atoms with Crippen molar-refractivity contribution in [2.24, 2.45) is 0 Å². The van der Waals surface area contributed by atoms with Crippen molar-refractivity contribution >= 4 is 17.0 Å². The number of hydrogen-bond acceptors (Lipinski definition) is 8. The Balaban J connectivity index is 2.56. The summed E-state index contributed by atoms with van der Waals surface area (Å²) in [5.41, 5.74) is 2.10. The fourth-order valence-electron chi connectivity index (χ4n) is 2.67. The molecule has 10 nitrogen and oxygen atoms in total. The van der Waals surface area contributed by atoms with E-state index < -0.39 is 42.8 Å². The van der Waals surface area contributed by atoms with Gasteiger partial charge >= 0.3 is 0 Å². The summed E-state index contributed by atoms with van der Waals surface area (Å²) in [5.74, 6) is 3.72. The number of H-pyrrole nitrogens is 1. The number of aromatic nitrogens is 3. The fourth-order valence-corrected chi connectivity index (χ4v) is 2.67. The first-order valence-electron chi connectivity index (χ1n) is 8.52. The lowest BCUT2D eigenvalue weighted by Crippen LogP contribution is -2.45. The average Bonchev–Trinajstić information content (AvgIpc) is 3.03. The second kappa shape index (κ2) is 9.29. The first-order chi connectivity index (χ1) is 13.6. The number of nitrogen functional groups attached to an aromatic ring is 1. The fraction of sp³-hybridized carbons (Fsp3) is 0.529. The molecule has 0 saturated heterocycles. The molecule has 0 amide bonds. The Morgan fingerprint density at radius 2 is 2.10 bits per heavy atom. The molecule has 0 saturated carbocycles. The summed E-state index contributed by atoms with van der Waals surface area (Å²) in [6, 6.07) is 1.33. The van der Waals surface area contributed by atoms with Crippen LogP contribution < -0.4 is 11.3 Å². The van der Waals surface area contributed by atoms with Gasteiger partial charge in [0.15, 0.2) is 11.9 Å². The second-order valence-electron chi connectivity index (χ2n) is 6.25. The molecule has 0 spiro atoms. The third-order valence-corrected chi connectivity index (χ3v) is 4.01. The smallest absolute Gasteiger partial charge is 0.266 e. The lowest BCUT2D eigenvalue weighted by atomic mass is 9.98. The Morgan fingerprint density at radius 1 is 1.41 bits per heavy atom. The van der Waals surface area contributed by atoms with Crippen molar-refractivity contribution in [3.8, 4) is 11.8 Å². The zero-order valence-corrected chi connectivity index (χ0v) is 15.7. The molecule has 2 rings (SSSR count). The van der Waals surface area contributed by atoms with Gasteiger partial charge in [0.25, 0.3) is 12.0 Å². The van der Waals surface area contributed by atoms with Crippen LogP contribution in [0.3, 0.4) is 0 Å². The van der Waals surface area contributed by atoms with Crippen LogP contribution in [0.2, 0.25) is 0 Å². The quantitative estimate of drug-likeness (QED) is 0.286. The van der Waals surface area contributed by atoms with E-state index in [9.17, 15) is 14.3 Å². The van der Waals surface area contributed by atoms with Gasteiger partial charge in [0.05, 0.1) is 18.1 Å². The average molecular weight is 416 g/mol. The maximum Gasteiger partial charge on any atom is 0.266 e. The number of aliphatic hydroxyl groups is 3. The highest BCUT2D eigenvalue weighted by Gasteiger charge is 2.45. The van der Waals surface area contributed by atoms with Crippen LogP contribution in [0, 0.1) is 11.8 Å². The van der Waals surface area contributed by atoms with E-state index in [0.29, 0.717) is 0 Å². The minimum absolute atomic E-state index is 0.0586. The molecule has 12 heteroatoms. The van der Waals surface area contributed by atoms with E-state index in [2.05, 4.69) is 9.97 Å². The van der Waals surface area contributed by atoms with Crippen LogP contribution in [-0.2, 0) is 9.47 Å². The number of hydrogen-bond donors (Lipinski definition) is 5. The molecule has 2 aromatic rings. The van der Waals surface area contributed by atoms with Gasteiger partial charge in [-0.25, -0.2) is 8.78 Å². The third kappa shape index (κ3) is 5.08. The number of rotatable bonds is 8. The zero-order valence-electron chi connectivity index (χ0n) is 15.7. The van der Waals surface area contributed by atoms with Gasteiger partial charge in [0, 0.05) is 6.20 Å². The van der Waals surface area contributed by atoms with Crippen LogP contribution >= 0.6 is 0 Å². The highest BCUT2D eigenvalue weighted by atomic mass is 19.1. The lowest BCUT2D eigenvalue weighted by Gasteiger charge is -2.33. The summed E-state index contributed by atoms with van der Waals surface area (Å²) in [5, 5.41) is 27.8. The standard InChI is InChI=1S/C17H22F2N4O6/c1-9(29-16(26)27)8-28-14(17(19,10(2)24)5-3-6-18)23-7-4-11-12(23)21-15(20)22-13(11)25/h4,7,9-10,14,16,24,26-27H,6,8H2,1-2H3,(H3,20,21,22,25)/t9-,10?,14+,17?/m0/s1. The monoisotopic (exact) mass is 416 g/mol. The van der Waals surface area contributed by atoms with Gasteiger partial charge in [-0.15, -0.1) is 0 Å². The van der Waals surface area contributed by atoms with Crippen LogP contribution in [0.5, 0.6) is 0 Å². The Hall–Kier alpha value is -2.56. The van der Waals surface area contributed by atoms with Gasteiger partial charge < -0.3 is 35.1 Å². The van der Waals surface area contributed by atoms with Crippen molar-refractivity contribution < 1.29 is 33.6 Å². The SMILES string of the molecule is CC(O)C(F)(C#CCF)[C@@H](OC[C@H](C)OC(O)O)n1ccc2c(=O)[nH]c(N)nc21. The maximum absolute atomic E-state index is 15.8. The van der Waals surface area contributed by atoms with E-state index in [1.54, 1.807) is 0 Å². The topological polar surface area (TPSA) is 156 Å². The van der Waals surface area contributed by atoms with Gasteiger partial charge in [-0.05, 0) is 19.9 Å². The molecule has 160 valence electrons. The number of nitrogens with two attached hydrogens (primary N) is 1. The van der Waals surface area contributed by atoms with E-state index in [-0.39, 0.29) is 23.6 Å². The summed E-state index contributed by atoms with van der Waals surface area (Å²) in [6.45, 7) is -1.12. The van der Waals surface area contributed by atoms with E-state index in [4.69, 9.17) is 25.4 Å². The maximum atomic E-state index is 15.8. The molecule has 2 aromatic heterocycles. The van der Waals surface area contributed by atoms with Crippen LogP contribution in [0.15, 0.2) is 17.1 Å². The highest BCUT2D eigenvalue weighted by molar-refractivity contribution is 5.76. The van der Waals surface area contributed by atoms with Gasteiger partial charge in [-0.1, -0.05) is 11.8 Å². The molecule has 0 aliphatic carbocycles. The van der Waals surface area contributed by atoms with Crippen LogP contribution in [0.25, 0.3) is 11.0 Å². The van der Waals surface area contributed by atoms with Crippen molar-refractivity contribution in [3.63, 3.8) is 0 Å². The predicted octanol–water partition coefficient (Wildman–Crippen LogP) is -0.443. The van der Waals surface area contributed by atoms with E-state index >= 15 is 4.39 Å². The lowest BCUT2D eigenvalue weighted by molar-refractivity contribution is -0.264. The number of ether oxygens (including phenoxy) is 2. The van der Waals surface area contributed by atoms with Gasteiger partial charge in [0.2, 0.25) is 11.6 Å². The number of aromatic amines is 1. The number of nitrogens with zero attached hydrogens (tertiary/aromatic N) is 2. The van der Waals surface area contributed by atoms with Crippen LogP contribution in [0.1, 0.15) is 20.1 Å². The van der Waals surface area contributed by atoms with E-state index in [0.717, 1.165) is 11.5 Å². The molecule has 6 N–H and O–H groups in total. The molecular formula is C17H22F2N4O6. The van der Waals surface area contributed by atoms with Gasteiger partial charge in [-0.2, -0.15) is 4.98 Å². The number of aliphatic hydroxyl groups excluding tert-OH is 2. The number of halogens is 2. The molecule has 2 unspecified atom stereocenters. The molecule has 0 radical (unpaired) electrons. The minimum atomic E-state index is -2.82. The normalized spacial score (nSPS) is 16.8. The third-order valence-electron chi connectivity index (χ3n) is 4.01. The summed E-state index contributed by atoms with van der Waals surface area (Å²) in [4.78, 5) is 18.3. The first kappa shape index (κ1) is 22.7. The number of nitrogens with one attached hydrogen (secondary N) is 1. The molecule has 2 heterocycles. The summed E-state index contributed by atoms with van der Waals surface area (Å²) in [6.07, 6.45) is -3.09. The largest absolute Gasteiger partial charge is 0.389 e. The van der Waals surface area contributed by atoms with Gasteiger partial charge in [0.1, 0.15) is 12.8 Å². The van der Waals surface area contributed by atoms with Crippen molar-refractivity contribution in [1.82, 2.24) is 14.5 Å². The van der Waals surface area contributed by atoms with Crippen molar-refractivity contribution in [1.29, 1.82) is 0 Å². The Bertz CT molecular complexity index is 951. The second-order valence-corrected chi connectivity index (χ2v) is 6.25. The summed E-state index contributed by atoms with van der Waals surface area (Å²) < 4.78 is 39.7. The zero-order chi connectivity index (χ0) is 21.8. The molecule has 0 fully saturated rings.